The van der Waals surface area contributed by atoms with Crippen molar-refractivity contribution in [2.24, 2.45) is 11.8 Å². The van der Waals surface area contributed by atoms with E-state index in [0.29, 0.717) is 23.9 Å². The lowest BCUT2D eigenvalue weighted by atomic mass is 9.83. The Morgan fingerprint density at radius 3 is 1.40 bits per heavy atom. The number of rotatable bonds is 7. The summed E-state index contributed by atoms with van der Waals surface area (Å²) in [6.07, 6.45) is 3.16. The summed E-state index contributed by atoms with van der Waals surface area (Å²) < 4.78 is 11.5. The molecule has 4 unspecified atom stereocenters. The third kappa shape index (κ3) is 7.84. The fourth-order valence-corrected chi connectivity index (χ4v) is 4.86. The van der Waals surface area contributed by atoms with Gasteiger partial charge in [-0.2, -0.15) is 0 Å². The van der Waals surface area contributed by atoms with Gasteiger partial charge in [-0.1, -0.05) is 27.7 Å². The number of piperidine rings is 2. The van der Waals surface area contributed by atoms with Crippen molar-refractivity contribution in [2.45, 2.75) is 129 Å². The Labute approximate surface area is 183 Å². The Bertz CT molecular complexity index is 548. The van der Waals surface area contributed by atoms with Gasteiger partial charge in [-0.15, -0.1) is 0 Å². The molecule has 2 aliphatic heterocycles. The van der Waals surface area contributed by atoms with Crippen LogP contribution in [0, 0.1) is 11.8 Å². The molecule has 2 rings (SSSR count). The molecule has 2 aliphatic rings. The highest BCUT2D eigenvalue weighted by Gasteiger charge is 2.37. The first kappa shape index (κ1) is 25.1. The molecule has 4 atom stereocenters. The monoisotopic (exact) mass is 424 g/mol. The number of hydrogen-bond acceptors (Lipinski definition) is 6. The topological polar surface area (TPSA) is 76.7 Å². The van der Waals surface area contributed by atoms with Gasteiger partial charge >= 0.3 is 11.9 Å². The molecule has 174 valence electrons. The van der Waals surface area contributed by atoms with Crippen molar-refractivity contribution >= 4 is 11.9 Å². The summed E-state index contributed by atoms with van der Waals surface area (Å²) in [6.45, 7) is 17.3. The number of nitrogens with one attached hydrogen (secondary N) is 2. The van der Waals surface area contributed by atoms with Gasteiger partial charge in [-0.05, 0) is 39.5 Å². The molecule has 0 saturated carbocycles. The second-order valence-electron chi connectivity index (χ2n) is 11.4. The van der Waals surface area contributed by atoms with Crippen LogP contribution in [0.3, 0.4) is 0 Å². The molecule has 2 saturated heterocycles. The molecule has 0 aromatic heterocycles. The zero-order valence-corrected chi connectivity index (χ0v) is 20.3. The van der Waals surface area contributed by atoms with Crippen molar-refractivity contribution in [1.29, 1.82) is 0 Å². The molecule has 6 nitrogen and oxygen atoms in total. The standard InChI is InChI=1S/C24H44N2O4/c1-15(2)19-11-17(13-23(5,6)25-19)29-21(27)9-10-22(28)30-18-12-20(16(3)4)26-24(7,8)14-18/h15-20,25-26H,9-14H2,1-8H3. The van der Waals surface area contributed by atoms with Crippen molar-refractivity contribution in [3.05, 3.63) is 0 Å². The summed E-state index contributed by atoms with van der Waals surface area (Å²) in [5.74, 6) is 0.347. The van der Waals surface area contributed by atoms with Crippen molar-refractivity contribution in [3.8, 4) is 0 Å². The Kier molecular flexibility index (Phi) is 8.36. The molecule has 0 bridgehead atoms. The van der Waals surface area contributed by atoms with Crippen molar-refractivity contribution in [2.75, 3.05) is 0 Å². The molecule has 2 heterocycles. The Balaban J connectivity index is 1.79. The average Bonchev–Trinajstić information content (AvgIpc) is 2.57. The van der Waals surface area contributed by atoms with Crippen molar-refractivity contribution in [1.82, 2.24) is 10.6 Å². The van der Waals surface area contributed by atoms with Gasteiger partial charge in [0, 0.05) is 48.8 Å². The maximum Gasteiger partial charge on any atom is 0.306 e. The van der Waals surface area contributed by atoms with Crippen LogP contribution in [0.1, 0.15) is 93.9 Å². The Morgan fingerprint density at radius 1 is 0.767 bits per heavy atom. The van der Waals surface area contributed by atoms with Gasteiger partial charge in [0.2, 0.25) is 0 Å². The minimum Gasteiger partial charge on any atom is -0.462 e. The van der Waals surface area contributed by atoms with E-state index in [1.807, 2.05) is 0 Å². The average molecular weight is 425 g/mol. The summed E-state index contributed by atoms with van der Waals surface area (Å²) >= 11 is 0. The van der Waals surface area contributed by atoms with E-state index in [1.54, 1.807) is 0 Å². The second kappa shape index (κ2) is 9.99. The molecular weight excluding hydrogens is 380 g/mol. The molecular formula is C24H44N2O4. The van der Waals surface area contributed by atoms with Gasteiger partial charge in [0.05, 0.1) is 12.8 Å². The van der Waals surface area contributed by atoms with Crippen LogP contribution in [0.4, 0.5) is 0 Å². The fraction of sp³-hybridized carbons (Fsp3) is 0.917. The molecule has 0 aliphatic carbocycles. The largest absolute Gasteiger partial charge is 0.462 e. The molecule has 0 aromatic carbocycles. The first-order valence-electron chi connectivity index (χ1n) is 11.7. The van der Waals surface area contributed by atoms with E-state index in [2.05, 4.69) is 66.0 Å². The summed E-state index contributed by atoms with van der Waals surface area (Å²) in [5, 5.41) is 7.28. The predicted molar refractivity (Wildman–Crippen MR) is 119 cm³/mol. The molecule has 30 heavy (non-hydrogen) atoms. The summed E-state index contributed by atoms with van der Waals surface area (Å²) in [4.78, 5) is 24.8. The van der Waals surface area contributed by atoms with Gasteiger partial charge < -0.3 is 20.1 Å². The van der Waals surface area contributed by atoms with Crippen LogP contribution in [0.2, 0.25) is 0 Å². The minimum atomic E-state index is -0.303. The highest BCUT2D eigenvalue weighted by atomic mass is 16.6. The van der Waals surface area contributed by atoms with Gasteiger partial charge in [-0.25, -0.2) is 0 Å². The normalized spacial score (nSPS) is 30.9. The second-order valence-corrected chi connectivity index (χ2v) is 11.4. The van der Waals surface area contributed by atoms with E-state index in [1.165, 1.54) is 0 Å². The summed E-state index contributed by atoms with van der Waals surface area (Å²) in [7, 11) is 0. The Morgan fingerprint density at radius 2 is 1.10 bits per heavy atom. The van der Waals surface area contributed by atoms with E-state index in [0.717, 1.165) is 25.7 Å². The molecule has 0 amide bonds. The molecule has 0 radical (unpaired) electrons. The van der Waals surface area contributed by atoms with Crippen LogP contribution in [0.5, 0.6) is 0 Å². The zero-order valence-electron chi connectivity index (χ0n) is 20.3. The van der Waals surface area contributed by atoms with E-state index >= 15 is 0 Å². The Hall–Kier alpha value is -1.14. The minimum absolute atomic E-state index is 0.0637. The molecule has 0 aromatic rings. The first-order chi connectivity index (χ1) is 13.8. The molecule has 0 spiro atoms. The first-order valence-corrected chi connectivity index (χ1v) is 11.7. The maximum atomic E-state index is 12.4. The van der Waals surface area contributed by atoms with E-state index in [-0.39, 0.29) is 48.1 Å². The quantitative estimate of drug-likeness (QED) is 0.603. The third-order valence-corrected chi connectivity index (χ3v) is 6.40. The lowest BCUT2D eigenvalue weighted by Gasteiger charge is -2.43. The van der Waals surface area contributed by atoms with Gasteiger partial charge in [0.15, 0.2) is 0 Å². The number of carbonyl (C=O) groups is 2. The van der Waals surface area contributed by atoms with Crippen LogP contribution >= 0.6 is 0 Å². The van der Waals surface area contributed by atoms with E-state index < -0.39 is 0 Å². The van der Waals surface area contributed by atoms with Gasteiger partial charge in [0.25, 0.3) is 0 Å². The van der Waals surface area contributed by atoms with E-state index in [4.69, 9.17) is 9.47 Å². The van der Waals surface area contributed by atoms with Gasteiger partial charge in [0.1, 0.15) is 12.2 Å². The summed E-state index contributed by atoms with van der Waals surface area (Å²) in [6, 6.07) is 0.655. The SMILES string of the molecule is CC(C)C1CC(OC(=O)CCC(=O)OC2CC(C(C)C)NC(C)(C)C2)CC(C)(C)N1. The lowest BCUT2D eigenvalue weighted by Crippen LogP contribution is -2.56. The van der Waals surface area contributed by atoms with Crippen LogP contribution in [0.25, 0.3) is 0 Å². The molecule has 6 heteroatoms. The van der Waals surface area contributed by atoms with Crippen molar-refractivity contribution < 1.29 is 19.1 Å². The van der Waals surface area contributed by atoms with Crippen LogP contribution < -0.4 is 10.6 Å². The number of hydrogen-bond donors (Lipinski definition) is 2. The predicted octanol–water partition coefficient (Wildman–Crippen LogP) is 3.96. The third-order valence-electron chi connectivity index (χ3n) is 6.40. The van der Waals surface area contributed by atoms with Crippen LogP contribution in [-0.4, -0.2) is 47.3 Å². The highest BCUT2D eigenvalue weighted by molar-refractivity contribution is 5.77. The van der Waals surface area contributed by atoms with Gasteiger partial charge in [-0.3, -0.25) is 9.59 Å². The number of ether oxygens (including phenoxy) is 2. The molecule has 2 N–H and O–H groups in total. The smallest absolute Gasteiger partial charge is 0.306 e. The number of carbonyl (C=O) groups excluding carboxylic acids is 2. The van der Waals surface area contributed by atoms with E-state index in [9.17, 15) is 9.59 Å². The van der Waals surface area contributed by atoms with Crippen molar-refractivity contribution in [3.63, 3.8) is 0 Å². The lowest BCUT2D eigenvalue weighted by molar-refractivity contribution is -0.159. The fourth-order valence-electron chi connectivity index (χ4n) is 4.86. The maximum absolute atomic E-state index is 12.4. The summed E-state index contributed by atoms with van der Waals surface area (Å²) in [5.41, 5.74) is -0.127. The van der Waals surface area contributed by atoms with Crippen LogP contribution in [0.15, 0.2) is 0 Å². The molecule has 2 fully saturated rings. The highest BCUT2D eigenvalue weighted by Crippen LogP contribution is 2.29. The zero-order chi connectivity index (χ0) is 22.7. The van der Waals surface area contributed by atoms with Crippen LogP contribution in [-0.2, 0) is 19.1 Å². The number of esters is 2.